The molecule has 33 heavy (non-hydrogen) atoms. The first-order valence-corrected chi connectivity index (χ1v) is 10.6. The summed E-state index contributed by atoms with van der Waals surface area (Å²) >= 11 is 0. The predicted molar refractivity (Wildman–Crippen MR) is 113 cm³/mol. The summed E-state index contributed by atoms with van der Waals surface area (Å²) < 4.78 is 32.4. The maximum absolute atomic E-state index is 13.7. The molecule has 0 saturated carbocycles. The molecule has 8 nitrogen and oxygen atoms in total. The molecule has 2 aliphatic rings. The van der Waals surface area contributed by atoms with Crippen LogP contribution in [0.3, 0.4) is 0 Å². The molecule has 2 aliphatic heterocycles. The molecule has 2 saturated heterocycles. The second-order valence-corrected chi connectivity index (χ2v) is 8.30. The first-order chi connectivity index (χ1) is 15.9. The highest BCUT2D eigenvalue weighted by Gasteiger charge is 2.48. The van der Waals surface area contributed by atoms with Crippen molar-refractivity contribution >= 4 is 28.8 Å². The van der Waals surface area contributed by atoms with E-state index in [1.807, 2.05) is 5.32 Å². The van der Waals surface area contributed by atoms with Crippen molar-refractivity contribution in [2.24, 2.45) is 0 Å². The molecule has 0 spiro atoms. The molecule has 10 heteroatoms. The highest BCUT2D eigenvalue weighted by Crippen LogP contribution is 2.33. The van der Waals surface area contributed by atoms with Gasteiger partial charge in [0.25, 0.3) is 11.8 Å². The molecule has 4 amide bonds. The number of amides is 4. The summed E-state index contributed by atoms with van der Waals surface area (Å²) in [6.07, 6.45) is 1.36. The number of imide groups is 1. The lowest BCUT2D eigenvalue weighted by Gasteiger charge is -2.31. The average Bonchev–Trinajstić information content (AvgIpc) is 3.38. The van der Waals surface area contributed by atoms with Gasteiger partial charge in [-0.3, -0.25) is 14.9 Å². The van der Waals surface area contributed by atoms with Crippen LogP contribution in [0.4, 0.5) is 13.6 Å². The third-order valence-corrected chi connectivity index (χ3v) is 6.40. The highest BCUT2D eigenvalue weighted by molar-refractivity contribution is 6.07. The number of rotatable bonds is 4. The largest absolute Gasteiger partial charge is 0.356 e. The number of aromatic nitrogens is 1. The maximum Gasteiger partial charge on any atom is 0.322 e. The van der Waals surface area contributed by atoms with E-state index in [4.69, 9.17) is 4.52 Å². The normalized spacial score (nSPS) is 21.3. The third-order valence-electron chi connectivity index (χ3n) is 6.40. The van der Waals surface area contributed by atoms with Gasteiger partial charge in [-0.05, 0) is 42.7 Å². The molecule has 5 rings (SSSR count). The van der Waals surface area contributed by atoms with E-state index in [1.165, 1.54) is 36.4 Å². The number of urea groups is 1. The van der Waals surface area contributed by atoms with Crippen LogP contribution < -0.4 is 10.6 Å². The maximum atomic E-state index is 13.7. The zero-order valence-electron chi connectivity index (χ0n) is 17.4. The molecule has 1 atom stereocenters. The number of carbonyl (C=O) groups is 3. The predicted octanol–water partition coefficient (Wildman–Crippen LogP) is 2.99. The van der Waals surface area contributed by atoms with Crippen molar-refractivity contribution in [2.45, 2.75) is 24.3 Å². The minimum absolute atomic E-state index is 0.0945. The Bertz CT molecular complexity index is 1250. The topological polar surface area (TPSA) is 105 Å². The number of benzene rings is 2. The van der Waals surface area contributed by atoms with Crippen molar-refractivity contribution in [3.8, 4) is 0 Å². The summed E-state index contributed by atoms with van der Waals surface area (Å²) in [5.74, 6) is -1.23. The van der Waals surface area contributed by atoms with Gasteiger partial charge in [0.2, 0.25) is 0 Å². The van der Waals surface area contributed by atoms with Gasteiger partial charge in [0, 0.05) is 36.0 Å². The van der Waals surface area contributed by atoms with Crippen LogP contribution in [0.15, 0.2) is 47.0 Å². The summed E-state index contributed by atoms with van der Waals surface area (Å²) in [6, 6.07) is 9.59. The standard InChI is InChI=1S/C23H20F2N4O4/c24-12-23(21(31)26-22(32)27-23)15-3-1-14(2-4-15)20(30)29-9-7-13(8-10-29)19-17-6-5-16(25)11-18(17)33-28-19/h1-6,11,13H,7-10,12H2,(H2,26,27,31,32)/t23-/m0/s1. The molecule has 0 radical (unpaired) electrons. The molecular weight excluding hydrogens is 434 g/mol. The van der Waals surface area contributed by atoms with Crippen LogP contribution in [0.5, 0.6) is 0 Å². The quantitative estimate of drug-likeness (QED) is 0.590. The Balaban J connectivity index is 1.27. The van der Waals surface area contributed by atoms with E-state index in [1.54, 1.807) is 11.0 Å². The highest BCUT2D eigenvalue weighted by atomic mass is 19.1. The minimum Gasteiger partial charge on any atom is -0.356 e. The van der Waals surface area contributed by atoms with Gasteiger partial charge in [-0.1, -0.05) is 17.3 Å². The zero-order chi connectivity index (χ0) is 23.2. The molecule has 1 aromatic heterocycles. The van der Waals surface area contributed by atoms with Gasteiger partial charge >= 0.3 is 6.03 Å². The van der Waals surface area contributed by atoms with E-state index < -0.39 is 24.2 Å². The fraction of sp³-hybridized carbons (Fsp3) is 0.304. The Morgan fingerprint density at radius 3 is 2.52 bits per heavy atom. The Hall–Kier alpha value is -3.82. The molecule has 170 valence electrons. The van der Waals surface area contributed by atoms with Gasteiger partial charge in [-0.25, -0.2) is 13.6 Å². The number of nitrogens with zero attached hydrogens (tertiary/aromatic N) is 2. The van der Waals surface area contributed by atoms with E-state index >= 15 is 0 Å². The molecule has 0 aliphatic carbocycles. The van der Waals surface area contributed by atoms with Crippen molar-refractivity contribution < 1.29 is 27.7 Å². The van der Waals surface area contributed by atoms with Crippen molar-refractivity contribution in [1.82, 2.24) is 20.7 Å². The van der Waals surface area contributed by atoms with E-state index in [0.717, 1.165) is 11.1 Å². The molecule has 2 N–H and O–H groups in total. The first-order valence-electron chi connectivity index (χ1n) is 10.6. The summed E-state index contributed by atoms with van der Waals surface area (Å²) in [6.45, 7) is -0.0872. The lowest BCUT2D eigenvalue weighted by Crippen LogP contribution is -2.46. The molecule has 3 aromatic rings. The zero-order valence-corrected chi connectivity index (χ0v) is 17.4. The fourth-order valence-electron chi connectivity index (χ4n) is 4.53. The van der Waals surface area contributed by atoms with E-state index in [2.05, 4.69) is 10.5 Å². The third kappa shape index (κ3) is 3.51. The molecule has 2 aromatic carbocycles. The number of hydrogen-bond acceptors (Lipinski definition) is 5. The Labute approximate surface area is 186 Å². The van der Waals surface area contributed by atoms with Crippen molar-refractivity contribution in [3.63, 3.8) is 0 Å². The van der Waals surface area contributed by atoms with Gasteiger partial charge in [-0.2, -0.15) is 0 Å². The number of alkyl halides is 1. The van der Waals surface area contributed by atoms with Gasteiger partial charge in [0.05, 0.1) is 5.69 Å². The lowest BCUT2D eigenvalue weighted by molar-refractivity contribution is -0.124. The summed E-state index contributed by atoms with van der Waals surface area (Å²) in [5, 5.41) is 9.27. The first kappa shape index (κ1) is 21.0. The number of likely N-dealkylation sites (tertiary alicyclic amines) is 1. The van der Waals surface area contributed by atoms with Crippen molar-refractivity contribution in [1.29, 1.82) is 0 Å². The molecule has 2 fully saturated rings. The van der Waals surface area contributed by atoms with Crippen LogP contribution >= 0.6 is 0 Å². The number of fused-ring (bicyclic) bond motifs is 1. The Morgan fingerprint density at radius 1 is 1.15 bits per heavy atom. The summed E-state index contributed by atoms with van der Waals surface area (Å²) in [5.41, 5.74) is 0.0632. The van der Waals surface area contributed by atoms with Crippen LogP contribution in [0.2, 0.25) is 0 Å². The second-order valence-electron chi connectivity index (χ2n) is 8.30. The van der Waals surface area contributed by atoms with Gasteiger partial charge in [-0.15, -0.1) is 0 Å². The van der Waals surface area contributed by atoms with Crippen molar-refractivity contribution in [2.75, 3.05) is 19.8 Å². The van der Waals surface area contributed by atoms with Crippen LogP contribution in [-0.4, -0.2) is 47.7 Å². The fourth-order valence-corrected chi connectivity index (χ4v) is 4.53. The van der Waals surface area contributed by atoms with Crippen LogP contribution in [0.25, 0.3) is 11.0 Å². The SMILES string of the molecule is O=C1NC(=O)[C@](CF)(c2ccc(C(=O)N3CCC(c4noc5cc(F)ccc45)CC3)cc2)N1. The Kier molecular flexibility index (Phi) is 5.07. The van der Waals surface area contributed by atoms with Crippen LogP contribution in [0.1, 0.15) is 40.4 Å². The smallest absolute Gasteiger partial charge is 0.322 e. The number of piperidine rings is 1. The summed E-state index contributed by atoms with van der Waals surface area (Å²) in [4.78, 5) is 38.3. The summed E-state index contributed by atoms with van der Waals surface area (Å²) in [7, 11) is 0. The van der Waals surface area contributed by atoms with Gasteiger partial charge in [0.15, 0.2) is 11.1 Å². The monoisotopic (exact) mass is 454 g/mol. The van der Waals surface area contributed by atoms with E-state index in [9.17, 15) is 23.2 Å². The van der Waals surface area contributed by atoms with Crippen LogP contribution in [-0.2, 0) is 10.3 Å². The van der Waals surface area contributed by atoms with Crippen molar-refractivity contribution in [3.05, 3.63) is 65.1 Å². The number of hydrogen-bond donors (Lipinski definition) is 2. The van der Waals surface area contributed by atoms with E-state index in [-0.39, 0.29) is 23.2 Å². The number of halogens is 2. The Morgan fingerprint density at radius 2 is 1.88 bits per heavy atom. The van der Waals surface area contributed by atoms with Gasteiger partial charge in [0.1, 0.15) is 12.5 Å². The number of carbonyl (C=O) groups excluding carboxylic acids is 3. The molecular formula is C23H20F2N4O4. The minimum atomic E-state index is -1.78. The second kappa shape index (κ2) is 7.95. The number of nitrogens with one attached hydrogen (secondary N) is 2. The average molecular weight is 454 g/mol. The van der Waals surface area contributed by atoms with E-state index in [0.29, 0.717) is 37.1 Å². The molecule has 0 unspecified atom stereocenters. The molecule has 0 bridgehead atoms. The molecule has 3 heterocycles. The van der Waals surface area contributed by atoms with Gasteiger partial charge < -0.3 is 14.7 Å². The van der Waals surface area contributed by atoms with Crippen LogP contribution in [0, 0.1) is 5.82 Å². The lowest BCUT2D eigenvalue weighted by atomic mass is 9.90.